The molecule has 0 bridgehead atoms. The first-order chi connectivity index (χ1) is 7.90. The Labute approximate surface area is 94.1 Å². The highest BCUT2D eigenvalue weighted by Gasteiger charge is 2.21. The third kappa shape index (κ3) is 1.34. The number of aromatic nitrogens is 3. The Kier molecular flexibility index (Phi) is 2.22. The van der Waals surface area contributed by atoms with Crippen LogP contribution in [0.4, 0.5) is 0 Å². The fraction of sp³-hybridized carbons (Fsp3) is 0.333. The summed E-state index contributed by atoms with van der Waals surface area (Å²) in [6.07, 6.45) is 5.93. The molecule has 82 valence electrons. The minimum Gasteiger partial charge on any atom is -0.330 e. The molecule has 4 nitrogen and oxygen atoms in total. The molecule has 0 aliphatic carbocycles. The lowest BCUT2D eigenvalue weighted by Gasteiger charge is -1.99. The van der Waals surface area contributed by atoms with E-state index in [-0.39, 0.29) is 0 Å². The van der Waals surface area contributed by atoms with Crippen LogP contribution in [0.5, 0.6) is 0 Å². The minimum absolute atomic E-state index is 0.507. The van der Waals surface area contributed by atoms with Crippen LogP contribution in [0.3, 0.4) is 0 Å². The summed E-state index contributed by atoms with van der Waals surface area (Å²) in [7, 11) is 0. The van der Waals surface area contributed by atoms with Crippen LogP contribution in [-0.4, -0.2) is 14.5 Å². The van der Waals surface area contributed by atoms with E-state index in [0.717, 1.165) is 30.0 Å². The van der Waals surface area contributed by atoms with Crippen molar-refractivity contribution in [3.05, 3.63) is 36.0 Å². The maximum atomic E-state index is 5.72. The fourth-order valence-corrected chi connectivity index (χ4v) is 2.35. The molecule has 0 radical (unpaired) electrons. The van der Waals surface area contributed by atoms with E-state index in [1.807, 2.05) is 12.3 Å². The first-order valence-corrected chi connectivity index (χ1v) is 5.59. The number of hydrogen-bond donors (Lipinski definition) is 1. The standard InChI is InChI=1S/C12H14N4/c13-7-11-15-12(9-3-1-5-14-8-9)10-4-2-6-16(10)11/h1,3,5,8H,2,4,6-7,13H2. The van der Waals surface area contributed by atoms with Crippen molar-refractivity contribution in [2.24, 2.45) is 5.73 Å². The van der Waals surface area contributed by atoms with Crippen LogP contribution in [0.15, 0.2) is 24.5 Å². The lowest BCUT2D eigenvalue weighted by molar-refractivity contribution is 0.689. The van der Waals surface area contributed by atoms with Gasteiger partial charge in [-0.2, -0.15) is 0 Å². The molecule has 1 aliphatic rings. The summed E-state index contributed by atoms with van der Waals surface area (Å²) >= 11 is 0. The Morgan fingerprint density at radius 1 is 1.44 bits per heavy atom. The molecule has 2 N–H and O–H groups in total. The van der Waals surface area contributed by atoms with Crippen LogP contribution >= 0.6 is 0 Å². The van der Waals surface area contributed by atoms with Gasteiger partial charge in [-0.1, -0.05) is 0 Å². The van der Waals surface area contributed by atoms with E-state index in [2.05, 4.69) is 20.6 Å². The zero-order valence-electron chi connectivity index (χ0n) is 9.06. The van der Waals surface area contributed by atoms with Gasteiger partial charge in [-0.05, 0) is 25.0 Å². The van der Waals surface area contributed by atoms with Gasteiger partial charge in [0.1, 0.15) is 5.82 Å². The molecule has 0 unspecified atom stereocenters. The van der Waals surface area contributed by atoms with E-state index in [1.165, 1.54) is 12.1 Å². The maximum Gasteiger partial charge on any atom is 0.123 e. The van der Waals surface area contributed by atoms with Crippen LogP contribution in [0.1, 0.15) is 17.9 Å². The van der Waals surface area contributed by atoms with E-state index < -0.39 is 0 Å². The first kappa shape index (κ1) is 9.54. The summed E-state index contributed by atoms with van der Waals surface area (Å²) in [5, 5.41) is 0. The molecule has 16 heavy (non-hydrogen) atoms. The molecule has 4 heteroatoms. The molecule has 0 aromatic carbocycles. The zero-order valence-corrected chi connectivity index (χ0v) is 9.06. The number of rotatable bonds is 2. The molecule has 2 aromatic rings. The van der Waals surface area contributed by atoms with E-state index in [0.29, 0.717) is 6.54 Å². The van der Waals surface area contributed by atoms with Crippen molar-refractivity contribution in [3.8, 4) is 11.3 Å². The van der Waals surface area contributed by atoms with E-state index in [1.54, 1.807) is 6.20 Å². The second kappa shape index (κ2) is 3.72. The first-order valence-electron chi connectivity index (χ1n) is 5.59. The van der Waals surface area contributed by atoms with Crippen molar-refractivity contribution in [2.45, 2.75) is 25.9 Å². The van der Waals surface area contributed by atoms with Crippen LogP contribution in [-0.2, 0) is 19.5 Å². The van der Waals surface area contributed by atoms with Gasteiger partial charge >= 0.3 is 0 Å². The Morgan fingerprint density at radius 2 is 2.38 bits per heavy atom. The highest BCUT2D eigenvalue weighted by molar-refractivity contribution is 5.61. The Morgan fingerprint density at radius 3 is 3.12 bits per heavy atom. The lowest BCUT2D eigenvalue weighted by Crippen LogP contribution is -2.06. The molecule has 0 spiro atoms. The van der Waals surface area contributed by atoms with E-state index in [9.17, 15) is 0 Å². The summed E-state index contributed by atoms with van der Waals surface area (Å²) in [5.74, 6) is 0.992. The second-order valence-electron chi connectivity index (χ2n) is 4.02. The minimum atomic E-state index is 0.507. The molecule has 0 atom stereocenters. The molecule has 2 aromatic heterocycles. The van der Waals surface area contributed by atoms with E-state index >= 15 is 0 Å². The fourth-order valence-electron chi connectivity index (χ4n) is 2.35. The maximum absolute atomic E-state index is 5.72. The quantitative estimate of drug-likeness (QED) is 0.821. The van der Waals surface area contributed by atoms with E-state index in [4.69, 9.17) is 5.73 Å². The molecular weight excluding hydrogens is 200 g/mol. The van der Waals surface area contributed by atoms with Gasteiger partial charge in [0.2, 0.25) is 0 Å². The summed E-state index contributed by atoms with van der Waals surface area (Å²) in [5.41, 5.74) is 9.18. The summed E-state index contributed by atoms with van der Waals surface area (Å²) in [6.45, 7) is 1.56. The summed E-state index contributed by atoms with van der Waals surface area (Å²) in [6, 6.07) is 3.99. The predicted octanol–water partition coefficient (Wildman–Crippen LogP) is 1.35. The Bertz CT molecular complexity index is 501. The lowest BCUT2D eigenvalue weighted by atomic mass is 10.1. The monoisotopic (exact) mass is 214 g/mol. The van der Waals surface area contributed by atoms with Crippen molar-refractivity contribution in [1.29, 1.82) is 0 Å². The average Bonchev–Trinajstić information content (AvgIpc) is 2.91. The van der Waals surface area contributed by atoms with Gasteiger partial charge in [-0.3, -0.25) is 4.98 Å². The Balaban J connectivity index is 2.15. The highest BCUT2D eigenvalue weighted by atomic mass is 15.1. The number of fused-ring (bicyclic) bond motifs is 1. The number of hydrogen-bond acceptors (Lipinski definition) is 3. The highest BCUT2D eigenvalue weighted by Crippen LogP contribution is 2.28. The molecule has 0 saturated heterocycles. The number of pyridine rings is 1. The van der Waals surface area contributed by atoms with Gasteiger partial charge in [0, 0.05) is 30.2 Å². The largest absolute Gasteiger partial charge is 0.330 e. The molecule has 0 saturated carbocycles. The molecule has 3 heterocycles. The second-order valence-corrected chi connectivity index (χ2v) is 4.02. The van der Waals surface area contributed by atoms with Gasteiger partial charge < -0.3 is 10.3 Å². The number of imidazole rings is 1. The van der Waals surface area contributed by atoms with Gasteiger partial charge in [-0.25, -0.2) is 4.98 Å². The normalized spacial score (nSPS) is 14.1. The van der Waals surface area contributed by atoms with Crippen LogP contribution in [0, 0.1) is 0 Å². The van der Waals surface area contributed by atoms with Gasteiger partial charge in [0.25, 0.3) is 0 Å². The van der Waals surface area contributed by atoms with Crippen molar-refractivity contribution in [2.75, 3.05) is 0 Å². The molecular formula is C12H14N4. The van der Waals surface area contributed by atoms with Gasteiger partial charge in [-0.15, -0.1) is 0 Å². The smallest absolute Gasteiger partial charge is 0.123 e. The molecule has 1 aliphatic heterocycles. The van der Waals surface area contributed by atoms with Crippen molar-refractivity contribution >= 4 is 0 Å². The molecule has 3 rings (SSSR count). The molecule has 0 fully saturated rings. The predicted molar refractivity (Wildman–Crippen MR) is 61.7 cm³/mol. The number of nitrogens with two attached hydrogens (primary N) is 1. The SMILES string of the molecule is NCc1nc(-c2cccnc2)c2n1CCC2. The zero-order chi connectivity index (χ0) is 11.0. The third-order valence-electron chi connectivity index (χ3n) is 3.06. The average molecular weight is 214 g/mol. The molecule has 0 amide bonds. The number of nitrogens with zero attached hydrogens (tertiary/aromatic N) is 3. The van der Waals surface area contributed by atoms with Gasteiger partial charge in [0.15, 0.2) is 0 Å². The van der Waals surface area contributed by atoms with Crippen LogP contribution in [0.2, 0.25) is 0 Å². The van der Waals surface area contributed by atoms with Gasteiger partial charge in [0.05, 0.1) is 12.2 Å². The van der Waals surface area contributed by atoms with Crippen LogP contribution < -0.4 is 5.73 Å². The third-order valence-corrected chi connectivity index (χ3v) is 3.06. The summed E-state index contributed by atoms with van der Waals surface area (Å²) < 4.78 is 2.25. The van der Waals surface area contributed by atoms with Crippen molar-refractivity contribution in [3.63, 3.8) is 0 Å². The van der Waals surface area contributed by atoms with Crippen molar-refractivity contribution < 1.29 is 0 Å². The Hall–Kier alpha value is -1.68. The van der Waals surface area contributed by atoms with Crippen molar-refractivity contribution in [1.82, 2.24) is 14.5 Å². The topological polar surface area (TPSA) is 56.7 Å². The van der Waals surface area contributed by atoms with Crippen LogP contribution in [0.25, 0.3) is 11.3 Å². The summed E-state index contributed by atoms with van der Waals surface area (Å²) in [4.78, 5) is 8.76.